The predicted molar refractivity (Wildman–Crippen MR) is 93.2 cm³/mol. The molecule has 2 aromatic carbocycles. The van der Waals surface area contributed by atoms with Crippen LogP contribution in [0.15, 0.2) is 42.5 Å². The molecule has 0 heterocycles. The number of rotatable bonds is 8. The van der Waals surface area contributed by atoms with Crippen molar-refractivity contribution in [1.82, 2.24) is 0 Å². The van der Waals surface area contributed by atoms with E-state index in [1.54, 1.807) is 36.4 Å². The molecule has 3 N–H and O–H groups in total. The Morgan fingerprint density at radius 3 is 2.48 bits per heavy atom. The van der Waals surface area contributed by atoms with E-state index < -0.39 is 5.91 Å². The van der Waals surface area contributed by atoms with Gasteiger partial charge in [0.25, 0.3) is 11.8 Å². The molecule has 0 aliphatic heterocycles. The Bertz CT molecular complexity index is 761. The highest BCUT2D eigenvalue weighted by Gasteiger charge is 2.11. The second kappa shape index (κ2) is 8.58. The maximum absolute atomic E-state index is 12.1. The smallest absolute Gasteiger partial charge is 0.262 e. The lowest BCUT2D eigenvalue weighted by atomic mass is 10.2. The third-order valence-corrected chi connectivity index (χ3v) is 3.26. The number of nitrogens with two attached hydrogens (primary N) is 1. The van der Waals surface area contributed by atoms with E-state index in [1.165, 1.54) is 13.2 Å². The number of nitrogens with one attached hydrogen (secondary N) is 1. The van der Waals surface area contributed by atoms with Gasteiger partial charge in [0.05, 0.1) is 19.3 Å². The zero-order chi connectivity index (χ0) is 18.2. The fourth-order valence-electron chi connectivity index (χ4n) is 2.16. The Kier molecular flexibility index (Phi) is 6.22. The van der Waals surface area contributed by atoms with E-state index in [2.05, 4.69) is 5.32 Å². The van der Waals surface area contributed by atoms with Gasteiger partial charge >= 0.3 is 0 Å². The maximum Gasteiger partial charge on any atom is 0.262 e. The summed E-state index contributed by atoms with van der Waals surface area (Å²) >= 11 is 0. The van der Waals surface area contributed by atoms with Gasteiger partial charge < -0.3 is 25.3 Å². The molecule has 7 nitrogen and oxygen atoms in total. The van der Waals surface area contributed by atoms with Gasteiger partial charge in [-0.3, -0.25) is 9.59 Å². The summed E-state index contributed by atoms with van der Waals surface area (Å²) in [4.78, 5) is 23.4. The van der Waals surface area contributed by atoms with Crippen LogP contribution in [-0.4, -0.2) is 32.1 Å². The van der Waals surface area contributed by atoms with Crippen LogP contribution in [0.25, 0.3) is 0 Å². The number of anilines is 1. The molecule has 25 heavy (non-hydrogen) atoms. The van der Waals surface area contributed by atoms with Crippen LogP contribution in [0.5, 0.6) is 17.2 Å². The van der Waals surface area contributed by atoms with Crippen LogP contribution >= 0.6 is 0 Å². The van der Waals surface area contributed by atoms with Gasteiger partial charge in [0.1, 0.15) is 5.75 Å². The molecular weight excluding hydrogens is 324 g/mol. The predicted octanol–water partition coefficient (Wildman–Crippen LogP) is 2.21. The van der Waals surface area contributed by atoms with Crippen LogP contribution < -0.4 is 25.3 Å². The normalized spacial score (nSPS) is 10.0. The number of amides is 2. The first-order valence-corrected chi connectivity index (χ1v) is 7.67. The summed E-state index contributed by atoms with van der Waals surface area (Å²) in [5.74, 6) is 0.362. The summed E-state index contributed by atoms with van der Waals surface area (Å²) in [6, 6.07) is 11.5. The Hall–Kier alpha value is -3.22. The van der Waals surface area contributed by atoms with Gasteiger partial charge in [-0.1, -0.05) is 12.1 Å². The summed E-state index contributed by atoms with van der Waals surface area (Å²) < 4.78 is 16.0. The zero-order valence-corrected chi connectivity index (χ0v) is 14.1. The highest BCUT2D eigenvalue weighted by atomic mass is 16.5. The third-order valence-electron chi connectivity index (χ3n) is 3.26. The number of carbonyl (C=O) groups excluding carboxylic acids is 2. The molecule has 0 radical (unpaired) electrons. The van der Waals surface area contributed by atoms with E-state index in [1.807, 2.05) is 6.92 Å². The van der Waals surface area contributed by atoms with E-state index in [9.17, 15) is 9.59 Å². The van der Waals surface area contributed by atoms with Gasteiger partial charge in [0, 0.05) is 11.8 Å². The summed E-state index contributed by atoms with van der Waals surface area (Å²) in [5.41, 5.74) is 6.03. The number of benzene rings is 2. The Labute approximate surface area is 145 Å². The SMILES string of the molecule is CCOc1ccc(NC(=O)COc2ccccc2C(N)=O)cc1OC. The molecule has 0 bridgehead atoms. The van der Waals surface area contributed by atoms with E-state index in [0.29, 0.717) is 23.8 Å². The number of primary amides is 1. The fraction of sp³-hybridized carbons (Fsp3) is 0.222. The Morgan fingerprint density at radius 2 is 1.80 bits per heavy atom. The molecule has 132 valence electrons. The maximum atomic E-state index is 12.1. The van der Waals surface area contributed by atoms with Crippen molar-refractivity contribution in [2.45, 2.75) is 6.92 Å². The monoisotopic (exact) mass is 344 g/mol. The average Bonchev–Trinajstić information content (AvgIpc) is 2.61. The van der Waals surface area contributed by atoms with Gasteiger partial charge in [-0.25, -0.2) is 0 Å². The lowest BCUT2D eigenvalue weighted by molar-refractivity contribution is -0.118. The number of ether oxygens (including phenoxy) is 3. The Morgan fingerprint density at radius 1 is 1.04 bits per heavy atom. The van der Waals surface area contributed by atoms with Crippen molar-refractivity contribution in [3.8, 4) is 17.2 Å². The first-order valence-electron chi connectivity index (χ1n) is 7.67. The molecule has 2 amide bonds. The van der Waals surface area contributed by atoms with Crippen LogP contribution in [0, 0.1) is 0 Å². The second-order valence-electron chi connectivity index (χ2n) is 5.00. The first-order chi connectivity index (χ1) is 12.0. The Balaban J connectivity index is 2.00. The minimum absolute atomic E-state index is 0.220. The van der Waals surface area contributed by atoms with Crippen molar-refractivity contribution >= 4 is 17.5 Å². The van der Waals surface area contributed by atoms with Gasteiger partial charge in [0.2, 0.25) is 0 Å². The number of hydrogen-bond acceptors (Lipinski definition) is 5. The van der Waals surface area contributed by atoms with Gasteiger partial charge in [0.15, 0.2) is 18.1 Å². The van der Waals surface area contributed by atoms with Crippen LogP contribution in [0.1, 0.15) is 17.3 Å². The molecule has 0 atom stereocenters. The average molecular weight is 344 g/mol. The van der Waals surface area contributed by atoms with Crippen molar-refractivity contribution in [3.63, 3.8) is 0 Å². The molecule has 0 aliphatic rings. The van der Waals surface area contributed by atoms with E-state index in [0.717, 1.165) is 0 Å². The van der Waals surface area contributed by atoms with Gasteiger partial charge in [-0.05, 0) is 31.2 Å². The largest absolute Gasteiger partial charge is 0.493 e. The second-order valence-corrected chi connectivity index (χ2v) is 5.00. The number of carbonyl (C=O) groups is 2. The summed E-state index contributed by atoms with van der Waals surface area (Å²) in [7, 11) is 1.52. The van der Waals surface area contributed by atoms with Crippen LogP contribution in [0.4, 0.5) is 5.69 Å². The van der Waals surface area contributed by atoms with Crippen LogP contribution in [0.2, 0.25) is 0 Å². The minimum atomic E-state index is -0.618. The standard InChI is InChI=1S/C18H20N2O5/c1-3-24-15-9-8-12(10-16(15)23-2)20-17(21)11-25-14-7-5-4-6-13(14)18(19)22/h4-10H,3,11H2,1-2H3,(H2,19,22)(H,20,21). The molecule has 2 rings (SSSR count). The molecule has 0 saturated carbocycles. The molecule has 0 aromatic heterocycles. The van der Waals surface area contributed by atoms with E-state index >= 15 is 0 Å². The summed E-state index contributed by atoms with van der Waals surface area (Å²) in [6.07, 6.45) is 0. The van der Waals surface area contributed by atoms with Gasteiger partial charge in [-0.15, -0.1) is 0 Å². The van der Waals surface area contributed by atoms with E-state index in [-0.39, 0.29) is 23.8 Å². The molecule has 0 spiro atoms. The minimum Gasteiger partial charge on any atom is -0.493 e. The van der Waals surface area contributed by atoms with Gasteiger partial charge in [-0.2, -0.15) is 0 Å². The molecule has 0 aliphatic carbocycles. The first kappa shape index (κ1) is 18.1. The molecule has 0 unspecified atom stereocenters. The van der Waals surface area contributed by atoms with Crippen LogP contribution in [-0.2, 0) is 4.79 Å². The third kappa shape index (κ3) is 4.87. The lowest BCUT2D eigenvalue weighted by Gasteiger charge is -2.12. The molecule has 2 aromatic rings. The topological polar surface area (TPSA) is 99.9 Å². The van der Waals surface area contributed by atoms with Crippen molar-refractivity contribution in [2.75, 3.05) is 25.6 Å². The zero-order valence-electron chi connectivity index (χ0n) is 14.1. The van der Waals surface area contributed by atoms with Crippen LogP contribution in [0.3, 0.4) is 0 Å². The summed E-state index contributed by atoms with van der Waals surface area (Å²) in [5, 5.41) is 2.69. The number of para-hydroxylation sites is 1. The highest BCUT2D eigenvalue weighted by Crippen LogP contribution is 2.30. The molecule has 7 heteroatoms. The van der Waals surface area contributed by atoms with Crippen molar-refractivity contribution in [3.05, 3.63) is 48.0 Å². The van der Waals surface area contributed by atoms with Crippen molar-refractivity contribution in [2.24, 2.45) is 5.73 Å². The van der Waals surface area contributed by atoms with Crippen molar-refractivity contribution in [1.29, 1.82) is 0 Å². The van der Waals surface area contributed by atoms with E-state index in [4.69, 9.17) is 19.9 Å². The van der Waals surface area contributed by atoms with Crippen molar-refractivity contribution < 1.29 is 23.8 Å². The number of hydrogen-bond donors (Lipinski definition) is 2. The highest BCUT2D eigenvalue weighted by molar-refractivity contribution is 5.96. The number of methoxy groups -OCH3 is 1. The fourth-order valence-corrected chi connectivity index (χ4v) is 2.16. The lowest BCUT2D eigenvalue weighted by Crippen LogP contribution is -2.21. The quantitative estimate of drug-likeness (QED) is 0.765. The summed E-state index contributed by atoms with van der Waals surface area (Å²) in [6.45, 7) is 2.12. The molecule has 0 fully saturated rings. The molecule has 0 saturated heterocycles. The molecular formula is C18H20N2O5.